The molecule has 0 aliphatic rings. The first-order valence-corrected chi connectivity index (χ1v) is 5.00. The summed E-state index contributed by atoms with van der Waals surface area (Å²) in [6.07, 6.45) is 0. The Balaban J connectivity index is 2.96. The SMILES string of the molecule is CC(=O)C(C#N)C(=O)c1csc(Cl)c1. The van der Waals surface area contributed by atoms with Crippen molar-refractivity contribution in [2.45, 2.75) is 6.92 Å². The summed E-state index contributed by atoms with van der Waals surface area (Å²) in [4.78, 5) is 22.5. The van der Waals surface area contributed by atoms with Crippen LogP contribution in [0.25, 0.3) is 0 Å². The van der Waals surface area contributed by atoms with Gasteiger partial charge in [0.2, 0.25) is 0 Å². The predicted octanol–water partition coefficient (Wildman–Crippen LogP) is 2.31. The van der Waals surface area contributed by atoms with Crippen molar-refractivity contribution < 1.29 is 9.59 Å². The lowest BCUT2D eigenvalue weighted by Crippen LogP contribution is -2.19. The van der Waals surface area contributed by atoms with E-state index >= 15 is 0 Å². The number of carbonyl (C=O) groups is 2. The van der Waals surface area contributed by atoms with E-state index in [9.17, 15) is 9.59 Å². The fraction of sp³-hybridized carbons (Fsp3) is 0.222. The summed E-state index contributed by atoms with van der Waals surface area (Å²) in [5.41, 5.74) is 0.321. The van der Waals surface area contributed by atoms with E-state index in [0.717, 1.165) is 0 Å². The van der Waals surface area contributed by atoms with Gasteiger partial charge in [0.15, 0.2) is 17.5 Å². The Hall–Kier alpha value is -1.18. The second-order valence-corrected chi connectivity index (χ2v) is 4.22. The molecule has 1 heterocycles. The third-order valence-electron chi connectivity index (χ3n) is 1.65. The molecule has 0 saturated carbocycles. The van der Waals surface area contributed by atoms with Gasteiger partial charge in [0, 0.05) is 10.9 Å². The molecule has 0 fully saturated rings. The standard InChI is InChI=1S/C9H6ClNO2S/c1-5(12)7(3-11)9(13)6-2-8(10)14-4-6/h2,4,7H,1H3. The maximum absolute atomic E-state index is 11.5. The highest BCUT2D eigenvalue weighted by molar-refractivity contribution is 7.14. The number of carbonyl (C=O) groups excluding carboxylic acids is 2. The van der Waals surface area contributed by atoms with E-state index in [2.05, 4.69) is 0 Å². The van der Waals surface area contributed by atoms with Crippen LogP contribution in [-0.2, 0) is 4.79 Å². The van der Waals surface area contributed by atoms with Gasteiger partial charge in [-0.3, -0.25) is 9.59 Å². The van der Waals surface area contributed by atoms with Crippen LogP contribution in [0.1, 0.15) is 17.3 Å². The van der Waals surface area contributed by atoms with Gasteiger partial charge >= 0.3 is 0 Å². The molecule has 0 aliphatic heterocycles. The summed E-state index contributed by atoms with van der Waals surface area (Å²) < 4.78 is 0.466. The van der Waals surface area contributed by atoms with E-state index in [4.69, 9.17) is 16.9 Å². The number of hydrogen-bond donors (Lipinski definition) is 0. The van der Waals surface area contributed by atoms with Crippen molar-refractivity contribution in [2.24, 2.45) is 5.92 Å². The van der Waals surface area contributed by atoms with E-state index < -0.39 is 17.5 Å². The minimum absolute atomic E-state index is 0.321. The van der Waals surface area contributed by atoms with E-state index in [0.29, 0.717) is 9.90 Å². The minimum atomic E-state index is -1.21. The smallest absolute Gasteiger partial charge is 0.188 e. The van der Waals surface area contributed by atoms with Gasteiger partial charge in [-0.1, -0.05) is 11.6 Å². The van der Waals surface area contributed by atoms with Crippen molar-refractivity contribution in [1.82, 2.24) is 0 Å². The number of nitriles is 1. The van der Waals surface area contributed by atoms with Gasteiger partial charge in [-0.15, -0.1) is 11.3 Å². The van der Waals surface area contributed by atoms with Gasteiger partial charge < -0.3 is 0 Å². The van der Waals surface area contributed by atoms with Gasteiger partial charge in [-0.2, -0.15) is 5.26 Å². The van der Waals surface area contributed by atoms with Crippen molar-refractivity contribution in [3.63, 3.8) is 0 Å². The zero-order valence-corrected chi connectivity index (χ0v) is 8.85. The van der Waals surface area contributed by atoms with Crippen molar-refractivity contribution >= 4 is 34.5 Å². The molecule has 1 aromatic heterocycles. The molecule has 0 N–H and O–H groups in total. The van der Waals surface area contributed by atoms with Gasteiger partial charge in [-0.05, 0) is 13.0 Å². The molecule has 72 valence electrons. The van der Waals surface area contributed by atoms with Gasteiger partial charge in [0.1, 0.15) is 0 Å². The van der Waals surface area contributed by atoms with Crippen LogP contribution in [0.5, 0.6) is 0 Å². The average molecular weight is 228 g/mol. The van der Waals surface area contributed by atoms with Crippen LogP contribution in [0.4, 0.5) is 0 Å². The molecule has 3 nitrogen and oxygen atoms in total. The summed E-state index contributed by atoms with van der Waals surface area (Å²) in [6, 6.07) is 3.13. The molecule has 14 heavy (non-hydrogen) atoms. The summed E-state index contributed by atoms with van der Waals surface area (Å²) in [6.45, 7) is 1.22. The summed E-state index contributed by atoms with van der Waals surface area (Å²) in [5.74, 6) is -2.14. The predicted molar refractivity (Wildman–Crippen MR) is 53.4 cm³/mol. The highest BCUT2D eigenvalue weighted by Gasteiger charge is 2.24. The van der Waals surface area contributed by atoms with Crippen LogP contribution < -0.4 is 0 Å². The summed E-state index contributed by atoms with van der Waals surface area (Å²) in [5, 5.41) is 10.2. The quantitative estimate of drug-likeness (QED) is 0.588. The third kappa shape index (κ3) is 2.19. The Kier molecular flexibility index (Phi) is 3.39. The number of rotatable bonds is 3. The van der Waals surface area contributed by atoms with Gasteiger partial charge in [0.05, 0.1) is 10.4 Å². The number of hydrogen-bond acceptors (Lipinski definition) is 4. The van der Waals surface area contributed by atoms with Gasteiger partial charge in [-0.25, -0.2) is 0 Å². The Labute approximate surface area is 89.9 Å². The Morgan fingerprint density at radius 2 is 2.29 bits per heavy atom. The summed E-state index contributed by atoms with van der Waals surface area (Å²) >= 11 is 6.83. The number of ketones is 2. The number of halogens is 1. The molecule has 0 spiro atoms. The van der Waals surface area contributed by atoms with Gasteiger partial charge in [0.25, 0.3) is 0 Å². The third-order valence-corrected chi connectivity index (χ3v) is 2.74. The van der Waals surface area contributed by atoms with Crippen LogP contribution in [-0.4, -0.2) is 11.6 Å². The first-order chi connectivity index (χ1) is 6.56. The minimum Gasteiger partial charge on any atom is -0.298 e. The lowest BCUT2D eigenvalue weighted by atomic mass is 9.98. The van der Waals surface area contributed by atoms with E-state index in [1.54, 1.807) is 6.07 Å². The molecule has 0 bridgehead atoms. The van der Waals surface area contributed by atoms with Crippen molar-refractivity contribution in [3.05, 3.63) is 21.3 Å². The van der Waals surface area contributed by atoms with Crippen molar-refractivity contribution in [2.75, 3.05) is 0 Å². The highest BCUT2D eigenvalue weighted by Crippen LogP contribution is 2.22. The zero-order chi connectivity index (χ0) is 10.7. The molecule has 0 amide bonds. The molecule has 5 heteroatoms. The van der Waals surface area contributed by atoms with E-state index in [1.807, 2.05) is 0 Å². The second-order valence-electron chi connectivity index (χ2n) is 2.68. The molecular formula is C9H6ClNO2S. The first-order valence-electron chi connectivity index (χ1n) is 3.74. The maximum Gasteiger partial charge on any atom is 0.188 e. The zero-order valence-electron chi connectivity index (χ0n) is 7.28. The number of Topliss-reactive ketones (excluding diaryl/α,β-unsaturated/α-hetero) is 2. The molecule has 1 unspecified atom stereocenters. The molecule has 0 aromatic carbocycles. The van der Waals surface area contributed by atoms with Crippen LogP contribution in [0.2, 0.25) is 4.34 Å². The Bertz CT molecular complexity index is 419. The summed E-state index contributed by atoms with van der Waals surface area (Å²) in [7, 11) is 0. The van der Waals surface area contributed by atoms with E-state index in [-0.39, 0.29) is 0 Å². The Morgan fingerprint density at radius 3 is 2.64 bits per heavy atom. The lowest BCUT2D eigenvalue weighted by Gasteiger charge is -2.00. The fourth-order valence-corrected chi connectivity index (χ4v) is 1.81. The molecule has 1 rings (SSSR count). The first kappa shape index (κ1) is 10.9. The van der Waals surface area contributed by atoms with Crippen molar-refractivity contribution in [3.8, 4) is 6.07 Å². The normalized spacial score (nSPS) is 11.8. The van der Waals surface area contributed by atoms with Crippen LogP contribution >= 0.6 is 22.9 Å². The van der Waals surface area contributed by atoms with Crippen LogP contribution in [0.3, 0.4) is 0 Å². The molecule has 0 saturated heterocycles. The second kappa shape index (κ2) is 4.36. The fourth-order valence-electron chi connectivity index (χ4n) is 0.940. The number of nitrogens with zero attached hydrogens (tertiary/aromatic N) is 1. The molecule has 0 radical (unpaired) electrons. The molecule has 0 aliphatic carbocycles. The monoisotopic (exact) mass is 227 g/mol. The van der Waals surface area contributed by atoms with E-state index in [1.165, 1.54) is 29.7 Å². The van der Waals surface area contributed by atoms with Crippen LogP contribution in [0, 0.1) is 17.2 Å². The Morgan fingerprint density at radius 1 is 1.64 bits per heavy atom. The molecule has 1 aromatic rings. The maximum atomic E-state index is 11.5. The molecule has 1 atom stereocenters. The van der Waals surface area contributed by atoms with Crippen LogP contribution in [0.15, 0.2) is 11.4 Å². The average Bonchev–Trinajstić information content (AvgIpc) is 2.52. The lowest BCUT2D eigenvalue weighted by molar-refractivity contribution is -0.118. The number of thiophene rings is 1. The topological polar surface area (TPSA) is 57.9 Å². The largest absolute Gasteiger partial charge is 0.298 e. The molecular weight excluding hydrogens is 222 g/mol. The highest BCUT2D eigenvalue weighted by atomic mass is 35.5. The van der Waals surface area contributed by atoms with Crippen molar-refractivity contribution in [1.29, 1.82) is 5.26 Å².